The summed E-state index contributed by atoms with van der Waals surface area (Å²) in [6.07, 6.45) is 0. The van der Waals surface area contributed by atoms with Gasteiger partial charge in [0.2, 0.25) is 0 Å². The minimum absolute atomic E-state index is 0.0651. The lowest BCUT2D eigenvalue weighted by Crippen LogP contribution is -2.33. The van der Waals surface area contributed by atoms with Crippen LogP contribution in [0.5, 0.6) is 0 Å². The van der Waals surface area contributed by atoms with Crippen LogP contribution >= 0.6 is 0 Å². The molecule has 7 heteroatoms. The Morgan fingerprint density at radius 1 is 1.17 bits per heavy atom. The van der Waals surface area contributed by atoms with Gasteiger partial charge in [0.1, 0.15) is 29.2 Å². The van der Waals surface area contributed by atoms with Crippen molar-refractivity contribution < 1.29 is 0 Å². The van der Waals surface area contributed by atoms with Gasteiger partial charge in [-0.3, -0.25) is 4.79 Å². The van der Waals surface area contributed by atoms with E-state index in [9.17, 15) is 15.3 Å². The second kappa shape index (κ2) is 5.32. The third-order valence-corrected chi connectivity index (χ3v) is 3.87. The summed E-state index contributed by atoms with van der Waals surface area (Å²) in [4.78, 5) is 18.5. The summed E-state index contributed by atoms with van der Waals surface area (Å²) in [5.74, 6) is -1.08. The summed E-state index contributed by atoms with van der Waals surface area (Å²) >= 11 is 0. The number of nitriles is 2. The van der Waals surface area contributed by atoms with Crippen molar-refractivity contribution in [2.24, 2.45) is 16.6 Å². The predicted molar refractivity (Wildman–Crippen MR) is 84.9 cm³/mol. The average molecular weight is 304 g/mol. The lowest BCUT2D eigenvalue weighted by Gasteiger charge is -2.29. The van der Waals surface area contributed by atoms with E-state index in [0.29, 0.717) is 5.56 Å². The standard InChI is InChI=1S/C16H12N6O/c17-6-9-11(8-4-2-1-3-5-8)12-13(21-14(9)19)10(7-18)16(23)22-15(12)20/h1-5,9,11H,(H2,19,21)(H3,20,22,23)/t9-,11-/m1/s1. The molecule has 2 heterocycles. The molecule has 0 aliphatic carbocycles. The maximum Gasteiger partial charge on any atom is 0.269 e. The molecule has 3 rings (SSSR count). The van der Waals surface area contributed by atoms with E-state index in [1.807, 2.05) is 36.4 Å². The van der Waals surface area contributed by atoms with Crippen molar-refractivity contribution in [1.29, 1.82) is 10.5 Å². The van der Waals surface area contributed by atoms with Gasteiger partial charge < -0.3 is 16.5 Å². The van der Waals surface area contributed by atoms with Crippen molar-refractivity contribution in [2.45, 2.75) is 5.92 Å². The first kappa shape index (κ1) is 14.4. The van der Waals surface area contributed by atoms with E-state index in [0.717, 1.165) is 5.56 Å². The number of hydrogen-bond donors (Lipinski definition) is 3. The molecule has 0 amide bonds. The van der Waals surface area contributed by atoms with Crippen molar-refractivity contribution in [1.82, 2.24) is 4.98 Å². The van der Waals surface area contributed by atoms with Gasteiger partial charge in [0.05, 0.1) is 11.8 Å². The van der Waals surface area contributed by atoms with Crippen LogP contribution in [0.25, 0.3) is 0 Å². The highest BCUT2D eigenvalue weighted by molar-refractivity contribution is 5.93. The second-order valence-electron chi connectivity index (χ2n) is 5.15. The van der Waals surface area contributed by atoms with Crippen molar-refractivity contribution in [3.8, 4) is 12.1 Å². The van der Waals surface area contributed by atoms with Gasteiger partial charge in [-0.05, 0) is 5.56 Å². The molecule has 1 aliphatic heterocycles. The molecule has 1 aromatic carbocycles. The number of aliphatic imine (C=N–C) groups is 1. The summed E-state index contributed by atoms with van der Waals surface area (Å²) in [5.41, 5.74) is 12.5. The van der Waals surface area contributed by atoms with E-state index in [1.54, 1.807) is 0 Å². The first-order chi connectivity index (χ1) is 11.1. The molecule has 1 aromatic heterocycles. The number of anilines is 1. The molecule has 0 unspecified atom stereocenters. The van der Waals surface area contributed by atoms with E-state index >= 15 is 0 Å². The van der Waals surface area contributed by atoms with Crippen LogP contribution in [-0.2, 0) is 0 Å². The molecule has 1 aliphatic rings. The van der Waals surface area contributed by atoms with E-state index in [-0.39, 0.29) is 22.9 Å². The summed E-state index contributed by atoms with van der Waals surface area (Å²) in [6.45, 7) is 0. The number of pyridine rings is 1. The molecule has 112 valence electrons. The van der Waals surface area contributed by atoms with Gasteiger partial charge >= 0.3 is 0 Å². The number of fused-ring (bicyclic) bond motifs is 1. The number of benzene rings is 1. The van der Waals surface area contributed by atoms with Crippen LogP contribution in [0.15, 0.2) is 40.1 Å². The van der Waals surface area contributed by atoms with Crippen LogP contribution in [0.2, 0.25) is 0 Å². The molecular formula is C16H12N6O. The molecule has 0 spiro atoms. The number of nitrogens with one attached hydrogen (secondary N) is 1. The monoisotopic (exact) mass is 304 g/mol. The van der Waals surface area contributed by atoms with Crippen LogP contribution in [0.3, 0.4) is 0 Å². The molecule has 0 radical (unpaired) electrons. The molecular weight excluding hydrogens is 292 g/mol. The third kappa shape index (κ3) is 2.12. The number of aromatic nitrogens is 1. The Morgan fingerprint density at radius 3 is 2.48 bits per heavy atom. The Kier molecular flexibility index (Phi) is 3.32. The number of H-pyrrole nitrogens is 1. The molecule has 7 nitrogen and oxygen atoms in total. The van der Waals surface area contributed by atoms with Crippen LogP contribution in [0.4, 0.5) is 11.5 Å². The van der Waals surface area contributed by atoms with Gasteiger partial charge in [-0.2, -0.15) is 10.5 Å². The van der Waals surface area contributed by atoms with Crippen molar-refractivity contribution in [2.75, 3.05) is 5.73 Å². The fourth-order valence-electron chi connectivity index (χ4n) is 2.85. The highest BCUT2D eigenvalue weighted by atomic mass is 16.1. The molecule has 2 aromatic rings. The normalized spacial score (nSPS) is 19.1. The van der Waals surface area contributed by atoms with Gasteiger partial charge in [-0.15, -0.1) is 0 Å². The van der Waals surface area contributed by atoms with Gasteiger partial charge in [0, 0.05) is 11.5 Å². The molecule has 2 atom stereocenters. The smallest absolute Gasteiger partial charge is 0.269 e. The Hall–Kier alpha value is -3.58. The van der Waals surface area contributed by atoms with Crippen molar-refractivity contribution in [3.63, 3.8) is 0 Å². The summed E-state index contributed by atoms with van der Waals surface area (Å²) in [5, 5.41) is 18.7. The van der Waals surface area contributed by atoms with E-state index in [1.165, 1.54) is 0 Å². The number of nitrogens with zero attached hydrogens (tertiary/aromatic N) is 3. The van der Waals surface area contributed by atoms with E-state index in [4.69, 9.17) is 11.5 Å². The molecule has 23 heavy (non-hydrogen) atoms. The highest BCUT2D eigenvalue weighted by Crippen LogP contribution is 2.44. The van der Waals surface area contributed by atoms with Crippen LogP contribution in [0, 0.1) is 28.6 Å². The van der Waals surface area contributed by atoms with E-state index < -0.39 is 17.4 Å². The summed E-state index contributed by atoms with van der Waals surface area (Å²) in [6, 6.07) is 13.2. The highest BCUT2D eigenvalue weighted by Gasteiger charge is 2.37. The number of nitrogen functional groups attached to an aromatic ring is 1. The molecule has 5 N–H and O–H groups in total. The minimum atomic E-state index is -0.732. The van der Waals surface area contributed by atoms with Crippen molar-refractivity contribution >= 4 is 17.3 Å². The second-order valence-corrected chi connectivity index (χ2v) is 5.15. The molecule has 0 saturated carbocycles. The zero-order valence-electron chi connectivity index (χ0n) is 11.9. The maximum atomic E-state index is 11.9. The van der Waals surface area contributed by atoms with Gasteiger partial charge in [0.15, 0.2) is 0 Å². The number of rotatable bonds is 1. The van der Waals surface area contributed by atoms with Crippen molar-refractivity contribution in [3.05, 3.63) is 57.4 Å². The minimum Gasteiger partial charge on any atom is -0.386 e. The SMILES string of the molecule is N#Cc1c2c(c(N)[nH]c1=O)[C@H](c1ccccc1)[C@@H](C#N)C(N)=N2. The molecule has 0 bridgehead atoms. The zero-order chi connectivity index (χ0) is 16.6. The quantitative estimate of drug-likeness (QED) is 0.722. The first-order valence-corrected chi connectivity index (χ1v) is 6.82. The third-order valence-electron chi connectivity index (χ3n) is 3.87. The largest absolute Gasteiger partial charge is 0.386 e. The van der Waals surface area contributed by atoms with Gasteiger partial charge in [-0.25, -0.2) is 4.99 Å². The summed E-state index contributed by atoms with van der Waals surface area (Å²) < 4.78 is 0. The Bertz CT molecular complexity index is 946. The first-order valence-electron chi connectivity index (χ1n) is 6.82. The fraction of sp³-hybridized carbons (Fsp3) is 0.125. The molecule has 0 saturated heterocycles. The Morgan fingerprint density at radius 2 is 1.87 bits per heavy atom. The average Bonchev–Trinajstić information content (AvgIpc) is 2.54. The summed E-state index contributed by atoms with van der Waals surface area (Å²) in [7, 11) is 0. The zero-order valence-corrected chi connectivity index (χ0v) is 11.9. The number of nitrogens with two attached hydrogens (primary N) is 2. The maximum absolute atomic E-state index is 11.9. The van der Waals surface area contributed by atoms with E-state index in [2.05, 4.69) is 16.0 Å². The van der Waals surface area contributed by atoms with Gasteiger partial charge in [-0.1, -0.05) is 30.3 Å². The van der Waals surface area contributed by atoms with Crippen LogP contribution in [0.1, 0.15) is 22.6 Å². The lowest BCUT2D eigenvalue weighted by molar-refractivity contribution is 0.710. The van der Waals surface area contributed by atoms with Crippen LogP contribution < -0.4 is 17.0 Å². The number of hydrogen-bond acceptors (Lipinski definition) is 6. The van der Waals surface area contributed by atoms with Crippen LogP contribution in [-0.4, -0.2) is 10.8 Å². The topological polar surface area (TPSA) is 145 Å². The Balaban J connectivity index is 2.40. The number of amidine groups is 1. The predicted octanol–water partition coefficient (Wildman–Crippen LogP) is 1.10. The lowest BCUT2D eigenvalue weighted by atomic mass is 9.78. The molecule has 0 fully saturated rings. The Labute approximate surface area is 131 Å². The van der Waals surface area contributed by atoms with Gasteiger partial charge in [0.25, 0.3) is 5.56 Å². The fourth-order valence-corrected chi connectivity index (χ4v) is 2.85. The number of aromatic amines is 1.